The zero-order chi connectivity index (χ0) is 19.7. The lowest BCUT2D eigenvalue weighted by molar-refractivity contribution is 0.569. The monoisotopic (exact) mass is 415 g/mol. The minimum atomic E-state index is -0.263. The smallest absolute Gasteiger partial charge is 0.283 e. The van der Waals surface area contributed by atoms with Gasteiger partial charge < -0.3 is 4.42 Å². The van der Waals surface area contributed by atoms with Crippen molar-refractivity contribution in [3.63, 3.8) is 0 Å². The van der Waals surface area contributed by atoms with E-state index in [2.05, 4.69) is 22.1 Å². The van der Waals surface area contributed by atoms with Crippen LogP contribution in [0.3, 0.4) is 0 Å². The van der Waals surface area contributed by atoms with Crippen molar-refractivity contribution in [1.82, 2.24) is 19.4 Å². The van der Waals surface area contributed by atoms with Crippen molar-refractivity contribution in [2.24, 2.45) is 5.10 Å². The number of unbranched alkanes of at least 4 members (excludes halogenated alkanes) is 1. The molecule has 0 atom stereocenters. The van der Waals surface area contributed by atoms with Gasteiger partial charge in [-0.15, -0.1) is 11.3 Å². The van der Waals surface area contributed by atoms with Gasteiger partial charge in [0.05, 0.1) is 29.1 Å². The van der Waals surface area contributed by atoms with E-state index in [-0.39, 0.29) is 5.56 Å². The second kappa shape index (κ2) is 7.73. The van der Waals surface area contributed by atoms with E-state index in [1.807, 2.05) is 18.4 Å². The van der Waals surface area contributed by atoms with Gasteiger partial charge >= 0.3 is 0 Å². The number of thiophene rings is 1. The molecule has 0 bridgehead atoms. The molecule has 0 N–H and O–H groups in total. The van der Waals surface area contributed by atoms with Crippen molar-refractivity contribution < 1.29 is 4.42 Å². The number of hydrogen-bond donors (Lipinski definition) is 0. The molecular formula is C19H18ClN5O2S. The number of rotatable bonds is 6. The van der Waals surface area contributed by atoms with Crippen molar-refractivity contribution in [2.75, 3.05) is 0 Å². The fourth-order valence-electron chi connectivity index (χ4n) is 2.91. The normalized spacial score (nSPS) is 11.8. The predicted octanol–water partition coefficient (Wildman–Crippen LogP) is 4.56. The van der Waals surface area contributed by atoms with E-state index in [1.165, 1.54) is 22.3 Å². The van der Waals surface area contributed by atoms with Crippen LogP contribution in [-0.2, 0) is 6.54 Å². The lowest BCUT2D eigenvalue weighted by Gasteiger charge is -2.01. The summed E-state index contributed by atoms with van der Waals surface area (Å²) in [6, 6.07) is 3.60. The van der Waals surface area contributed by atoms with Gasteiger partial charge in [0.25, 0.3) is 5.56 Å². The van der Waals surface area contributed by atoms with Gasteiger partial charge in [0.2, 0.25) is 0 Å². The largest absolute Gasteiger partial charge is 0.464 e. The Hall–Kier alpha value is -2.71. The second-order valence-corrected chi connectivity index (χ2v) is 7.53. The van der Waals surface area contributed by atoms with Gasteiger partial charge in [0.15, 0.2) is 0 Å². The summed E-state index contributed by atoms with van der Waals surface area (Å²) < 4.78 is 8.41. The molecule has 0 fully saturated rings. The Kier molecular flexibility index (Phi) is 5.15. The molecule has 0 aromatic carbocycles. The van der Waals surface area contributed by atoms with Crippen LogP contribution < -0.4 is 5.56 Å². The van der Waals surface area contributed by atoms with Gasteiger partial charge in [-0.05, 0) is 25.5 Å². The molecule has 28 heavy (non-hydrogen) atoms. The maximum Gasteiger partial charge on any atom is 0.283 e. The summed E-state index contributed by atoms with van der Waals surface area (Å²) in [7, 11) is 0. The van der Waals surface area contributed by atoms with Crippen LogP contribution in [0.25, 0.3) is 21.5 Å². The Bertz CT molecular complexity index is 1200. The molecule has 4 aromatic rings. The van der Waals surface area contributed by atoms with Gasteiger partial charge in [0.1, 0.15) is 22.1 Å². The molecule has 4 heterocycles. The van der Waals surface area contributed by atoms with Crippen molar-refractivity contribution in [1.29, 1.82) is 0 Å². The first-order chi connectivity index (χ1) is 13.6. The van der Waals surface area contributed by atoms with E-state index >= 15 is 0 Å². The van der Waals surface area contributed by atoms with Gasteiger partial charge in [-0.1, -0.05) is 24.9 Å². The quantitative estimate of drug-likeness (QED) is 0.432. The Morgan fingerprint density at radius 1 is 1.43 bits per heavy atom. The van der Waals surface area contributed by atoms with E-state index < -0.39 is 0 Å². The van der Waals surface area contributed by atoms with Crippen LogP contribution in [0.15, 0.2) is 44.4 Å². The molecule has 4 rings (SSSR count). The summed E-state index contributed by atoms with van der Waals surface area (Å²) >= 11 is 7.83. The predicted molar refractivity (Wildman–Crippen MR) is 111 cm³/mol. The molecular weight excluding hydrogens is 398 g/mol. The lowest BCUT2D eigenvalue weighted by atomic mass is 10.2. The highest BCUT2D eigenvalue weighted by Crippen LogP contribution is 2.30. The number of nitrogens with zero attached hydrogens (tertiary/aromatic N) is 5. The molecule has 0 unspecified atom stereocenters. The second-order valence-electron chi connectivity index (χ2n) is 6.31. The number of fused-ring (bicyclic) bond motifs is 1. The van der Waals surface area contributed by atoms with E-state index in [0.717, 1.165) is 25.1 Å². The van der Waals surface area contributed by atoms with Crippen LogP contribution in [0.2, 0.25) is 5.15 Å². The molecule has 0 aliphatic carbocycles. The van der Waals surface area contributed by atoms with Crippen LogP contribution in [0.5, 0.6) is 0 Å². The van der Waals surface area contributed by atoms with Crippen LogP contribution in [0.1, 0.15) is 31.0 Å². The van der Waals surface area contributed by atoms with Crippen molar-refractivity contribution >= 4 is 39.4 Å². The summed E-state index contributed by atoms with van der Waals surface area (Å²) in [5.41, 5.74) is 1.91. The Morgan fingerprint density at radius 2 is 2.29 bits per heavy atom. The Morgan fingerprint density at radius 3 is 3.04 bits per heavy atom. The zero-order valence-electron chi connectivity index (χ0n) is 15.4. The molecule has 0 aliphatic rings. The molecule has 0 saturated carbocycles. The number of furan rings is 1. The third-order valence-electron chi connectivity index (χ3n) is 4.41. The maximum atomic E-state index is 13.0. The number of halogens is 1. The minimum absolute atomic E-state index is 0.263. The van der Waals surface area contributed by atoms with Crippen LogP contribution in [-0.4, -0.2) is 25.7 Å². The maximum absolute atomic E-state index is 13.0. The summed E-state index contributed by atoms with van der Waals surface area (Å²) in [5, 5.41) is 11.6. The van der Waals surface area contributed by atoms with E-state index in [4.69, 9.17) is 16.0 Å². The van der Waals surface area contributed by atoms with E-state index in [1.54, 1.807) is 23.2 Å². The SMILES string of the molecule is CCCCn1nc(C)c(/C=N\n2cnc3scc(-c4ccco4)c3c2=O)c1Cl. The van der Waals surface area contributed by atoms with Gasteiger partial charge in [0, 0.05) is 17.5 Å². The average Bonchev–Trinajstić information content (AvgIpc) is 3.40. The molecule has 9 heteroatoms. The minimum Gasteiger partial charge on any atom is -0.464 e. The number of aryl methyl sites for hydroxylation is 2. The van der Waals surface area contributed by atoms with Crippen LogP contribution in [0.4, 0.5) is 0 Å². The van der Waals surface area contributed by atoms with Gasteiger partial charge in [-0.3, -0.25) is 9.48 Å². The Labute approximate surface area is 169 Å². The van der Waals surface area contributed by atoms with Crippen molar-refractivity contribution in [3.8, 4) is 11.3 Å². The molecule has 144 valence electrons. The fourth-order valence-corrected chi connectivity index (χ4v) is 4.10. The van der Waals surface area contributed by atoms with E-state index in [9.17, 15) is 4.79 Å². The zero-order valence-corrected chi connectivity index (χ0v) is 17.0. The highest BCUT2D eigenvalue weighted by Gasteiger charge is 2.15. The number of aromatic nitrogens is 4. The molecule has 0 spiro atoms. The molecule has 0 amide bonds. The van der Waals surface area contributed by atoms with Crippen molar-refractivity contribution in [3.05, 3.63) is 56.9 Å². The van der Waals surface area contributed by atoms with Crippen molar-refractivity contribution in [2.45, 2.75) is 33.2 Å². The highest BCUT2D eigenvalue weighted by molar-refractivity contribution is 7.17. The standard InChI is InChI=1S/C19H18ClN5O2S/c1-3-4-7-24-17(20)13(12(2)23-24)9-22-25-11-21-18-16(19(25)26)14(10-28-18)15-6-5-8-27-15/h5-6,8-11H,3-4,7H2,1-2H3/b22-9-. The summed E-state index contributed by atoms with van der Waals surface area (Å²) in [5.74, 6) is 0.628. The first kappa shape index (κ1) is 18.6. The fraction of sp³-hybridized carbons (Fsp3) is 0.263. The third kappa shape index (κ3) is 3.29. The summed E-state index contributed by atoms with van der Waals surface area (Å²) in [6.07, 6.45) is 6.59. The number of hydrogen-bond acceptors (Lipinski definition) is 6. The van der Waals surface area contributed by atoms with Crippen LogP contribution in [0, 0.1) is 6.92 Å². The molecule has 0 aliphatic heterocycles. The molecule has 7 nitrogen and oxygen atoms in total. The lowest BCUT2D eigenvalue weighted by Crippen LogP contribution is -2.16. The highest BCUT2D eigenvalue weighted by atomic mass is 35.5. The topological polar surface area (TPSA) is 78.2 Å². The average molecular weight is 416 g/mol. The van der Waals surface area contributed by atoms with Crippen LogP contribution >= 0.6 is 22.9 Å². The summed E-state index contributed by atoms with van der Waals surface area (Å²) in [4.78, 5) is 18.0. The molecule has 0 saturated heterocycles. The van der Waals surface area contributed by atoms with Gasteiger partial charge in [-0.2, -0.15) is 14.9 Å². The molecule has 4 aromatic heterocycles. The summed E-state index contributed by atoms with van der Waals surface area (Å²) in [6.45, 7) is 4.73. The third-order valence-corrected chi connectivity index (χ3v) is 5.69. The first-order valence-electron chi connectivity index (χ1n) is 8.90. The first-order valence-corrected chi connectivity index (χ1v) is 10.2. The molecule has 0 radical (unpaired) electrons. The van der Waals surface area contributed by atoms with E-state index in [0.29, 0.717) is 32.3 Å². The van der Waals surface area contributed by atoms with Gasteiger partial charge in [-0.25, -0.2) is 4.98 Å². The Balaban J connectivity index is 1.73.